The number of carbonyl (C=O) groups excluding carboxylic acids is 1. The molecule has 1 N–H and O–H groups in total. The Hall–Kier alpha value is -2.19. The standard InChI is InChI=1S/C16H11Br2N3O3/c1-9-13(14(21-24-9)10-5-3-2-4-6-10)16(22)20-19-8-11-7-12(17)15(18)23-11/h2-8H,1H3,(H,20,22). The second-order valence-electron chi connectivity index (χ2n) is 4.80. The van der Waals surface area contributed by atoms with Crippen LogP contribution in [-0.4, -0.2) is 17.3 Å². The highest BCUT2D eigenvalue weighted by Crippen LogP contribution is 2.26. The summed E-state index contributed by atoms with van der Waals surface area (Å²) in [4.78, 5) is 12.4. The number of aromatic nitrogens is 1. The van der Waals surface area contributed by atoms with E-state index in [9.17, 15) is 4.79 Å². The number of aryl methyl sites for hydroxylation is 1. The number of benzene rings is 1. The largest absolute Gasteiger partial charge is 0.447 e. The van der Waals surface area contributed by atoms with E-state index in [1.165, 1.54) is 6.21 Å². The van der Waals surface area contributed by atoms with Gasteiger partial charge in [-0.05, 0) is 38.8 Å². The molecule has 122 valence electrons. The first-order valence-electron chi connectivity index (χ1n) is 6.86. The Morgan fingerprint density at radius 1 is 1.29 bits per heavy atom. The SMILES string of the molecule is Cc1onc(-c2ccccc2)c1C(=O)NN=Cc1cc(Br)c(Br)o1. The van der Waals surface area contributed by atoms with E-state index in [0.29, 0.717) is 27.4 Å². The molecule has 6 nitrogen and oxygen atoms in total. The molecule has 0 aliphatic carbocycles. The number of nitrogens with zero attached hydrogens (tertiary/aromatic N) is 2. The van der Waals surface area contributed by atoms with Crippen molar-refractivity contribution in [3.05, 3.63) is 62.6 Å². The third-order valence-corrected chi connectivity index (χ3v) is 4.87. The van der Waals surface area contributed by atoms with Crippen LogP contribution in [0.5, 0.6) is 0 Å². The molecule has 0 atom stereocenters. The van der Waals surface area contributed by atoms with Gasteiger partial charge >= 0.3 is 0 Å². The molecule has 0 aliphatic heterocycles. The molecule has 1 amide bonds. The van der Waals surface area contributed by atoms with Crippen molar-refractivity contribution in [2.75, 3.05) is 0 Å². The van der Waals surface area contributed by atoms with Crippen LogP contribution in [0.25, 0.3) is 11.3 Å². The number of furan rings is 1. The zero-order valence-electron chi connectivity index (χ0n) is 12.4. The van der Waals surface area contributed by atoms with Crippen molar-refractivity contribution in [2.45, 2.75) is 6.92 Å². The van der Waals surface area contributed by atoms with Gasteiger partial charge in [-0.25, -0.2) is 5.43 Å². The monoisotopic (exact) mass is 451 g/mol. The summed E-state index contributed by atoms with van der Waals surface area (Å²) in [6, 6.07) is 11.1. The van der Waals surface area contributed by atoms with Crippen molar-refractivity contribution in [1.29, 1.82) is 0 Å². The van der Waals surface area contributed by atoms with Crippen molar-refractivity contribution < 1.29 is 13.7 Å². The summed E-state index contributed by atoms with van der Waals surface area (Å²) in [5, 5.41) is 7.87. The first-order chi connectivity index (χ1) is 11.6. The van der Waals surface area contributed by atoms with Crippen LogP contribution in [-0.2, 0) is 0 Å². The molecule has 0 aliphatic rings. The third kappa shape index (κ3) is 3.49. The molecule has 3 aromatic rings. The normalized spacial score (nSPS) is 11.1. The average Bonchev–Trinajstić information content (AvgIpc) is 3.11. The van der Waals surface area contributed by atoms with E-state index in [2.05, 4.69) is 47.5 Å². The molecule has 2 heterocycles. The lowest BCUT2D eigenvalue weighted by Crippen LogP contribution is -2.18. The summed E-state index contributed by atoms with van der Waals surface area (Å²) in [7, 11) is 0. The molecule has 0 unspecified atom stereocenters. The van der Waals surface area contributed by atoms with Crippen molar-refractivity contribution in [1.82, 2.24) is 10.6 Å². The molecule has 0 fully saturated rings. The number of hydrogen-bond acceptors (Lipinski definition) is 5. The van der Waals surface area contributed by atoms with E-state index in [1.807, 2.05) is 30.3 Å². The van der Waals surface area contributed by atoms with Crippen molar-refractivity contribution >= 4 is 44.0 Å². The Bertz CT molecular complexity index is 881. The molecule has 2 aromatic heterocycles. The second kappa shape index (κ2) is 7.14. The van der Waals surface area contributed by atoms with Gasteiger partial charge in [-0.2, -0.15) is 5.10 Å². The van der Waals surface area contributed by atoms with Gasteiger partial charge in [-0.15, -0.1) is 0 Å². The van der Waals surface area contributed by atoms with Crippen LogP contribution < -0.4 is 5.43 Å². The first kappa shape index (κ1) is 16.7. The summed E-state index contributed by atoms with van der Waals surface area (Å²) < 4.78 is 11.8. The predicted molar refractivity (Wildman–Crippen MR) is 95.8 cm³/mol. The average molecular weight is 453 g/mol. The summed E-state index contributed by atoms with van der Waals surface area (Å²) in [6.45, 7) is 1.68. The van der Waals surface area contributed by atoms with Crippen LogP contribution in [0.2, 0.25) is 0 Å². The molecule has 0 radical (unpaired) electrons. The third-order valence-electron chi connectivity index (χ3n) is 3.16. The van der Waals surface area contributed by atoms with Crippen LogP contribution in [0, 0.1) is 6.92 Å². The van der Waals surface area contributed by atoms with E-state index in [-0.39, 0.29) is 0 Å². The molecule has 8 heteroatoms. The zero-order chi connectivity index (χ0) is 17.1. The highest BCUT2D eigenvalue weighted by Gasteiger charge is 2.21. The highest BCUT2D eigenvalue weighted by molar-refractivity contribution is 9.13. The van der Waals surface area contributed by atoms with E-state index >= 15 is 0 Å². The fourth-order valence-corrected chi connectivity index (χ4v) is 2.68. The molecule has 0 saturated heterocycles. The molecule has 24 heavy (non-hydrogen) atoms. The van der Waals surface area contributed by atoms with Gasteiger partial charge in [0.25, 0.3) is 5.91 Å². The zero-order valence-corrected chi connectivity index (χ0v) is 15.6. The van der Waals surface area contributed by atoms with Crippen molar-refractivity contribution in [2.24, 2.45) is 5.10 Å². The Morgan fingerprint density at radius 3 is 2.71 bits per heavy atom. The van der Waals surface area contributed by atoms with Crippen LogP contribution in [0.4, 0.5) is 0 Å². The van der Waals surface area contributed by atoms with Gasteiger partial charge in [0.05, 0.1) is 10.7 Å². The molecule has 0 spiro atoms. The fourth-order valence-electron chi connectivity index (χ4n) is 2.07. The van der Waals surface area contributed by atoms with Gasteiger partial charge in [-0.3, -0.25) is 4.79 Å². The minimum Gasteiger partial charge on any atom is -0.447 e. The van der Waals surface area contributed by atoms with Gasteiger partial charge in [0.1, 0.15) is 22.8 Å². The summed E-state index contributed by atoms with van der Waals surface area (Å²) in [5.41, 5.74) is 4.07. The smallest absolute Gasteiger partial charge is 0.277 e. The lowest BCUT2D eigenvalue weighted by molar-refractivity contribution is 0.0954. The van der Waals surface area contributed by atoms with Gasteiger partial charge in [0.2, 0.25) is 0 Å². The quantitative estimate of drug-likeness (QED) is 0.465. The van der Waals surface area contributed by atoms with Gasteiger partial charge in [0, 0.05) is 11.6 Å². The lowest BCUT2D eigenvalue weighted by Gasteiger charge is -2.01. The van der Waals surface area contributed by atoms with Gasteiger partial charge < -0.3 is 8.94 Å². The van der Waals surface area contributed by atoms with Gasteiger partial charge in [0.15, 0.2) is 4.67 Å². The number of rotatable bonds is 4. The highest BCUT2D eigenvalue weighted by atomic mass is 79.9. The molecule has 0 saturated carbocycles. The summed E-state index contributed by atoms with van der Waals surface area (Å²) in [5.74, 6) is 0.498. The van der Waals surface area contributed by atoms with Gasteiger partial charge in [-0.1, -0.05) is 35.5 Å². The number of hydrogen-bond donors (Lipinski definition) is 1. The minimum absolute atomic E-state index is 0.347. The summed E-state index contributed by atoms with van der Waals surface area (Å²) in [6.07, 6.45) is 1.40. The van der Waals surface area contributed by atoms with Crippen LogP contribution in [0.3, 0.4) is 0 Å². The van der Waals surface area contributed by atoms with E-state index < -0.39 is 5.91 Å². The van der Waals surface area contributed by atoms with E-state index in [4.69, 9.17) is 8.94 Å². The molecule has 0 bridgehead atoms. The topological polar surface area (TPSA) is 80.6 Å². The van der Waals surface area contributed by atoms with Crippen molar-refractivity contribution in [3.8, 4) is 11.3 Å². The predicted octanol–water partition coefficient (Wildman–Crippen LogP) is 4.53. The van der Waals surface area contributed by atoms with Crippen molar-refractivity contribution in [3.63, 3.8) is 0 Å². The maximum atomic E-state index is 12.4. The number of halogens is 2. The summed E-state index contributed by atoms with van der Waals surface area (Å²) >= 11 is 6.53. The fraction of sp³-hybridized carbons (Fsp3) is 0.0625. The second-order valence-corrected chi connectivity index (χ2v) is 6.37. The van der Waals surface area contributed by atoms with Crippen LogP contribution >= 0.6 is 31.9 Å². The minimum atomic E-state index is -0.409. The maximum absolute atomic E-state index is 12.4. The van der Waals surface area contributed by atoms with Crippen LogP contribution in [0.1, 0.15) is 21.9 Å². The Labute approximate surface area is 154 Å². The molecular weight excluding hydrogens is 442 g/mol. The molecular formula is C16H11Br2N3O3. The molecule has 3 rings (SSSR count). The Balaban J connectivity index is 1.79. The first-order valence-corrected chi connectivity index (χ1v) is 8.45. The molecule has 1 aromatic carbocycles. The van der Waals surface area contributed by atoms with E-state index in [0.717, 1.165) is 10.0 Å². The lowest BCUT2D eigenvalue weighted by atomic mass is 10.1. The van der Waals surface area contributed by atoms with E-state index in [1.54, 1.807) is 13.0 Å². The number of nitrogens with one attached hydrogen (secondary N) is 1. The van der Waals surface area contributed by atoms with Crippen LogP contribution in [0.15, 0.2) is 59.6 Å². The Kier molecular flexibility index (Phi) is 4.96. The number of hydrazone groups is 1. The number of carbonyl (C=O) groups is 1. The number of amides is 1. The Morgan fingerprint density at radius 2 is 2.04 bits per heavy atom. The maximum Gasteiger partial charge on any atom is 0.277 e.